The number of Topliss-reactive ketones (excluding diaryl/α,β-unsaturated/α-hetero) is 2. The summed E-state index contributed by atoms with van der Waals surface area (Å²) in [5, 5.41) is 5.02. The molecule has 1 aromatic rings. The van der Waals surface area contributed by atoms with Crippen LogP contribution in [0.4, 0.5) is 4.79 Å². The van der Waals surface area contributed by atoms with E-state index >= 15 is 0 Å². The second-order valence-electron chi connectivity index (χ2n) is 6.83. The molecule has 2 unspecified atom stereocenters. The van der Waals surface area contributed by atoms with Gasteiger partial charge in [0.2, 0.25) is 5.78 Å². The number of benzene rings is 1. The third-order valence-electron chi connectivity index (χ3n) is 4.15. The molecular formula is C19H24N2O5. The maximum absolute atomic E-state index is 12.5. The lowest BCUT2D eigenvalue weighted by Crippen LogP contribution is -2.43. The van der Waals surface area contributed by atoms with Crippen molar-refractivity contribution in [2.24, 2.45) is 11.8 Å². The van der Waals surface area contributed by atoms with Crippen LogP contribution in [-0.4, -0.2) is 36.2 Å². The van der Waals surface area contributed by atoms with Crippen molar-refractivity contribution >= 4 is 23.6 Å². The molecule has 0 bridgehead atoms. The smallest absolute Gasteiger partial charge is 0.408 e. The summed E-state index contributed by atoms with van der Waals surface area (Å²) in [4.78, 5) is 47.5. The number of carbonyl (C=O) groups excluding carboxylic acids is 4. The number of rotatable bonds is 8. The Balaban J connectivity index is 1.91. The summed E-state index contributed by atoms with van der Waals surface area (Å²) in [5.74, 6) is -2.00. The molecule has 0 saturated carbocycles. The SMILES string of the molecule is CC(C)CC(NC(=O)OCc1ccccc1)C(=O)CC1CNC(=O)C1=O. The lowest BCUT2D eigenvalue weighted by molar-refractivity contribution is -0.137. The van der Waals surface area contributed by atoms with Crippen molar-refractivity contribution in [2.45, 2.75) is 39.3 Å². The topological polar surface area (TPSA) is 102 Å². The minimum absolute atomic E-state index is 0.0755. The quantitative estimate of drug-likeness (QED) is 0.686. The van der Waals surface area contributed by atoms with Crippen molar-refractivity contribution in [2.75, 3.05) is 6.54 Å². The molecule has 1 fully saturated rings. The summed E-state index contributed by atoms with van der Waals surface area (Å²) in [6, 6.07) is 8.47. The summed E-state index contributed by atoms with van der Waals surface area (Å²) in [5.41, 5.74) is 0.843. The van der Waals surface area contributed by atoms with Gasteiger partial charge in [0.05, 0.1) is 12.0 Å². The van der Waals surface area contributed by atoms with Crippen LogP contribution in [0.25, 0.3) is 0 Å². The van der Waals surface area contributed by atoms with Crippen molar-refractivity contribution in [1.29, 1.82) is 0 Å². The Morgan fingerprint density at radius 2 is 1.92 bits per heavy atom. The molecule has 7 nitrogen and oxygen atoms in total. The van der Waals surface area contributed by atoms with E-state index in [0.29, 0.717) is 6.42 Å². The molecule has 1 aliphatic rings. The van der Waals surface area contributed by atoms with E-state index in [1.807, 2.05) is 44.2 Å². The number of alkyl carbamates (subject to hydrolysis) is 1. The summed E-state index contributed by atoms with van der Waals surface area (Å²) in [6.45, 7) is 4.14. The fourth-order valence-electron chi connectivity index (χ4n) is 2.78. The Hall–Kier alpha value is -2.70. The van der Waals surface area contributed by atoms with E-state index in [9.17, 15) is 19.2 Å². The number of nitrogens with one attached hydrogen (secondary N) is 2. The second kappa shape index (κ2) is 9.12. The van der Waals surface area contributed by atoms with Crippen LogP contribution >= 0.6 is 0 Å². The molecular weight excluding hydrogens is 336 g/mol. The Morgan fingerprint density at radius 3 is 2.50 bits per heavy atom. The molecule has 0 radical (unpaired) electrons. The molecule has 7 heteroatoms. The molecule has 2 rings (SSSR count). The average molecular weight is 360 g/mol. The summed E-state index contributed by atoms with van der Waals surface area (Å²) in [7, 11) is 0. The Morgan fingerprint density at radius 1 is 1.23 bits per heavy atom. The third kappa shape index (κ3) is 5.68. The number of carbonyl (C=O) groups is 4. The van der Waals surface area contributed by atoms with Gasteiger partial charge in [-0.05, 0) is 17.9 Å². The van der Waals surface area contributed by atoms with E-state index in [1.54, 1.807) is 0 Å². The highest BCUT2D eigenvalue weighted by Gasteiger charge is 2.35. The average Bonchev–Trinajstić information content (AvgIpc) is 2.92. The van der Waals surface area contributed by atoms with Gasteiger partial charge in [-0.1, -0.05) is 44.2 Å². The van der Waals surface area contributed by atoms with Crippen LogP contribution in [-0.2, 0) is 25.7 Å². The van der Waals surface area contributed by atoms with Gasteiger partial charge >= 0.3 is 6.09 Å². The highest BCUT2D eigenvalue weighted by atomic mass is 16.5. The van der Waals surface area contributed by atoms with Crippen molar-refractivity contribution < 1.29 is 23.9 Å². The molecule has 1 aliphatic heterocycles. The van der Waals surface area contributed by atoms with Gasteiger partial charge in [0.1, 0.15) is 6.61 Å². The number of hydrogen-bond acceptors (Lipinski definition) is 5. The zero-order chi connectivity index (χ0) is 19.1. The lowest BCUT2D eigenvalue weighted by Gasteiger charge is -2.20. The maximum atomic E-state index is 12.5. The predicted octanol–water partition coefficient (Wildman–Crippen LogP) is 1.60. The largest absolute Gasteiger partial charge is 0.445 e. The summed E-state index contributed by atoms with van der Waals surface area (Å²) in [6.07, 6.45) is -0.324. The first-order chi connectivity index (χ1) is 12.4. The molecule has 26 heavy (non-hydrogen) atoms. The molecule has 0 aromatic heterocycles. The highest BCUT2D eigenvalue weighted by Crippen LogP contribution is 2.15. The van der Waals surface area contributed by atoms with E-state index in [0.717, 1.165) is 5.56 Å². The number of ketones is 2. The van der Waals surface area contributed by atoms with Gasteiger partial charge < -0.3 is 15.4 Å². The molecule has 1 saturated heterocycles. The van der Waals surface area contributed by atoms with E-state index in [4.69, 9.17) is 4.74 Å². The number of ether oxygens (including phenoxy) is 1. The van der Waals surface area contributed by atoms with Crippen LogP contribution in [0.3, 0.4) is 0 Å². The van der Waals surface area contributed by atoms with Gasteiger partial charge in [0.25, 0.3) is 5.91 Å². The van der Waals surface area contributed by atoms with Crippen molar-refractivity contribution in [3.05, 3.63) is 35.9 Å². The molecule has 2 atom stereocenters. The van der Waals surface area contributed by atoms with Crippen LogP contribution in [0, 0.1) is 11.8 Å². The van der Waals surface area contributed by atoms with Crippen LogP contribution in [0.15, 0.2) is 30.3 Å². The van der Waals surface area contributed by atoms with Crippen molar-refractivity contribution in [3.63, 3.8) is 0 Å². The van der Waals surface area contributed by atoms with Crippen LogP contribution in [0.1, 0.15) is 32.3 Å². The summed E-state index contributed by atoms with van der Waals surface area (Å²) >= 11 is 0. The first-order valence-corrected chi connectivity index (χ1v) is 8.68. The molecule has 1 heterocycles. The molecule has 1 aromatic carbocycles. The van der Waals surface area contributed by atoms with E-state index in [-0.39, 0.29) is 31.3 Å². The normalized spacial score (nSPS) is 17.7. The van der Waals surface area contributed by atoms with Gasteiger partial charge in [-0.15, -0.1) is 0 Å². The monoisotopic (exact) mass is 360 g/mol. The number of amides is 2. The lowest BCUT2D eigenvalue weighted by atomic mass is 9.92. The third-order valence-corrected chi connectivity index (χ3v) is 4.15. The fraction of sp³-hybridized carbons (Fsp3) is 0.474. The minimum Gasteiger partial charge on any atom is -0.445 e. The molecule has 0 spiro atoms. The fourth-order valence-corrected chi connectivity index (χ4v) is 2.78. The van der Waals surface area contributed by atoms with Crippen LogP contribution in [0.2, 0.25) is 0 Å². The van der Waals surface area contributed by atoms with Crippen molar-refractivity contribution in [1.82, 2.24) is 10.6 Å². The first kappa shape index (κ1) is 19.6. The highest BCUT2D eigenvalue weighted by molar-refractivity contribution is 6.39. The van der Waals surface area contributed by atoms with Crippen molar-refractivity contribution in [3.8, 4) is 0 Å². The Kier molecular flexibility index (Phi) is 6.89. The van der Waals surface area contributed by atoms with Gasteiger partial charge in [0.15, 0.2) is 5.78 Å². The maximum Gasteiger partial charge on any atom is 0.408 e. The number of hydrogen-bond donors (Lipinski definition) is 2. The first-order valence-electron chi connectivity index (χ1n) is 8.68. The minimum atomic E-state index is -0.748. The Labute approximate surface area is 152 Å². The standard InChI is InChI=1S/C19H24N2O5/c1-12(2)8-15(16(22)9-14-10-20-18(24)17(14)23)21-19(25)26-11-13-6-4-3-5-7-13/h3-7,12,14-15H,8-11H2,1-2H3,(H,20,24)(H,21,25). The zero-order valence-electron chi connectivity index (χ0n) is 15.0. The van der Waals surface area contributed by atoms with E-state index in [1.165, 1.54) is 0 Å². The van der Waals surface area contributed by atoms with Gasteiger partial charge in [-0.25, -0.2) is 4.79 Å². The van der Waals surface area contributed by atoms with Crippen LogP contribution < -0.4 is 10.6 Å². The van der Waals surface area contributed by atoms with Gasteiger partial charge in [-0.3, -0.25) is 14.4 Å². The van der Waals surface area contributed by atoms with E-state index in [2.05, 4.69) is 10.6 Å². The van der Waals surface area contributed by atoms with E-state index < -0.39 is 29.7 Å². The van der Waals surface area contributed by atoms with Gasteiger partial charge in [-0.2, -0.15) is 0 Å². The predicted molar refractivity (Wildman–Crippen MR) is 94.1 cm³/mol. The molecule has 0 aliphatic carbocycles. The Bertz CT molecular complexity index is 672. The second-order valence-corrected chi connectivity index (χ2v) is 6.83. The molecule has 2 N–H and O–H groups in total. The summed E-state index contributed by atoms with van der Waals surface area (Å²) < 4.78 is 5.16. The molecule has 140 valence electrons. The van der Waals surface area contributed by atoms with Crippen LogP contribution in [0.5, 0.6) is 0 Å². The zero-order valence-corrected chi connectivity index (χ0v) is 15.0. The van der Waals surface area contributed by atoms with Gasteiger partial charge in [0, 0.05) is 13.0 Å². The molecule has 2 amide bonds.